The van der Waals surface area contributed by atoms with Gasteiger partial charge in [0, 0.05) is 36.0 Å². The number of hydrogen-bond acceptors (Lipinski definition) is 5. The molecule has 2 aromatic carbocycles. The second-order valence-electron chi connectivity index (χ2n) is 7.52. The summed E-state index contributed by atoms with van der Waals surface area (Å²) in [5, 5.41) is 0.840. The second-order valence-corrected chi connectivity index (χ2v) is 8.44. The van der Waals surface area contributed by atoms with Gasteiger partial charge in [-0.05, 0) is 30.8 Å². The molecule has 1 aliphatic heterocycles. The molecule has 0 amide bonds. The summed E-state index contributed by atoms with van der Waals surface area (Å²) in [6, 6.07) is 15.8. The summed E-state index contributed by atoms with van der Waals surface area (Å²) in [4.78, 5) is 25.5. The Hall–Kier alpha value is -2.48. The molecule has 6 nitrogen and oxygen atoms in total. The lowest BCUT2D eigenvalue weighted by atomic mass is 10.0. The van der Waals surface area contributed by atoms with Gasteiger partial charge in [-0.25, -0.2) is 4.98 Å². The van der Waals surface area contributed by atoms with E-state index in [1.54, 1.807) is 0 Å². The summed E-state index contributed by atoms with van der Waals surface area (Å²) >= 11 is 3.51. The van der Waals surface area contributed by atoms with E-state index in [1.807, 2.05) is 36.4 Å². The standard InChI is InChI=1S/C22H21BrN4O2/c1-26-9-11-27(12-10-26)19(14-5-3-2-4-6-14)21-24-18-16-13-15(23)7-8-17(16)29-20(18)22(28)25-21/h2-8,13,19H,9-12H2,1H3,(H,24,25,28). The highest BCUT2D eigenvalue weighted by Crippen LogP contribution is 2.31. The number of nitrogens with zero attached hydrogens (tertiary/aromatic N) is 3. The fourth-order valence-electron chi connectivity index (χ4n) is 4.03. The molecule has 7 heteroatoms. The van der Waals surface area contributed by atoms with Gasteiger partial charge in [0.1, 0.15) is 16.9 Å². The molecule has 29 heavy (non-hydrogen) atoms. The minimum absolute atomic E-state index is 0.112. The second kappa shape index (κ2) is 7.40. The molecule has 3 heterocycles. The normalized spacial score (nSPS) is 17.2. The van der Waals surface area contributed by atoms with E-state index in [9.17, 15) is 4.79 Å². The van der Waals surface area contributed by atoms with Crippen LogP contribution >= 0.6 is 15.9 Å². The molecule has 1 aliphatic rings. The summed E-state index contributed by atoms with van der Waals surface area (Å²) in [6.07, 6.45) is 0. The molecule has 2 aromatic heterocycles. The molecular weight excluding hydrogens is 432 g/mol. The van der Waals surface area contributed by atoms with Crippen molar-refractivity contribution in [3.05, 3.63) is 74.7 Å². The van der Waals surface area contributed by atoms with Gasteiger partial charge in [0.2, 0.25) is 5.58 Å². The zero-order chi connectivity index (χ0) is 20.0. The Balaban J connectivity index is 1.70. The van der Waals surface area contributed by atoms with E-state index in [4.69, 9.17) is 9.40 Å². The van der Waals surface area contributed by atoms with Crippen LogP contribution < -0.4 is 5.56 Å². The molecule has 1 saturated heterocycles. The van der Waals surface area contributed by atoms with Crippen molar-refractivity contribution in [2.24, 2.45) is 0 Å². The van der Waals surface area contributed by atoms with Gasteiger partial charge in [0.15, 0.2) is 0 Å². The number of aromatic nitrogens is 2. The number of fused-ring (bicyclic) bond motifs is 3. The van der Waals surface area contributed by atoms with Crippen LogP contribution in [0.2, 0.25) is 0 Å². The maximum atomic E-state index is 12.9. The van der Waals surface area contributed by atoms with Crippen molar-refractivity contribution in [3.63, 3.8) is 0 Å². The number of aromatic amines is 1. The third-order valence-electron chi connectivity index (χ3n) is 5.58. The van der Waals surface area contributed by atoms with Crippen molar-refractivity contribution in [1.29, 1.82) is 0 Å². The lowest BCUT2D eigenvalue weighted by Crippen LogP contribution is -2.46. The summed E-state index contributed by atoms with van der Waals surface area (Å²) < 4.78 is 6.72. The Morgan fingerprint density at radius 2 is 1.86 bits per heavy atom. The molecule has 1 N–H and O–H groups in total. The first kappa shape index (κ1) is 18.5. The monoisotopic (exact) mass is 452 g/mol. The van der Waals surface area contributed by atoms with Crippen molar-refractivity contribution >= 4 is 38.0 Å². The lowest BCUT2D eigenvalue weighted by molar-refractivity contribution is 0.124. The van der Waals surface area contributed by atoms with Crippen molar-refractivity contribution < 1.29 is 4.42 Å². The van der Waals surface area contributed by atoms with Crippen LogP contribution in [-0.4, -0.2) is 53.0 Å². The smallest absolute Gasteiger partial charge is 0.294 e. The van der Waals surface area contributed by atoms with Crippen molar-refractivity contribution in [3.8, 4) is 0 Å². The van der Waals surface area contributed by atoms with Crippen LogP contribution in [0.3, 0.4) is 0 Å². The van der Waals surface area contributed by atoms with Gasteiger partial charge in [-0.1, -0.05) is 46.3 Å². The molecule has 0 radical (unpaired) electrons. The number of halogens is 1. The molecular formula is C22H21BrN4O2. The van der Waals surface area contributed by atoms with Gasteiger partial charge in [0.05, 0.1) is 6.04 Å². The molecule has 1 unspecified atom stereocenters. The van der Waals surface area contributed by atoms with Crippen LogP contribution in [0.1, 0.15) is 17.4 Å². The molecule has 1 fully saturated rings. The molecule has 5 rings (SSSR count). The van der Waals surface area contributed by atoms with E-state index >= 15 is 0 Å². The predicted octanol–water partition coefficient (Wildman–Crippen LogP) is 3.77. The molecule has 0 bridgehead atoms. The molecule has 1 atom stereocenters. The van der Waals surface area contributed by atoms with Crippen LogP contribution in [0, 0.1) is 0 Å². The van der Waals surface area contributed by atoms with Gasteiger partial charge in [0.25, 0.3) is 5.56 Å². The number of piperazine rings is 1. The summed E-state index contributed by atoms with van der Waals surface area (Å²) in [5.41, 5.74) is 2.41. The molecule has 4 aromatic rings. The average Bonchev–Trinajstić information content (AvgIpc) is 3.09. The maximum Gasteiger partial charge on any atom is 0.294 e. The Kier molecular flexibility index (Phi) is 4.73. The number of furan rings is 1. The minimum atomic E-state index is -0.243. The van der Waals surface area contributed by atoms with Crippen molar-refractivity contribution in [2.75, 3.05) is 33.2 Å². The van der Waals surface area contributed by atoms with Crippen LogP contribution in [0.5, 0.6) is 0 Å². The number of hydrogen-bond donors (Lipinski definition) is 1. The highest BCUT2D eigenvalue weighted by atomic mass is 79.9. The Morgan fingerprint density at radius 3 is 2.62 bits per heavy atom. The summed E-state index contributed by atoms with van der Waals surface area (Å²) in [6.45, 7) is 3.79. The zero-order valence-corrected chi connectivity index (χ0v) is 17.6. The number of likely N-dealkylation sites (N-methyl/N-ethyl adjacent to an activating group) is 1. The maximum absolute atomic E-state index is 12.9. The van der Waals surface area contributed by atoms with Gasteiger partial charge >= 0.3 is 0 Å². The molecule has 148 valence electrons. The SMILES string of the molecule is CN1CCN(C(c2ccccc2)c2nc3c(oc4ccc(Br)cc43)c(=O)[nH]2)CC1. The number of nitrogens with one attached hydrogen (secondary N) is 1. The number of rotatable bonds is 3. The topological polar surface area (TPSA) is 65.4 Å². The van der Waals surface area contributed by atoms with Crippen LogP contribution in [-0.2, 0) is 0 Å². The first-order chi connectivity index (χ1) is 14.1. The highest BCUT2D eigenvalue weighted by molar-refractivity contribution is 9.10. The van der Waals surface area contributed by atoms with E-state index in [-0.39, 0.29) is 17.2 Å². The van der Waals surface area contributed by atoms with Crippen LogP contribution in [0.15, 0.2) is 62.2 Å². The summed E-state index contributed by atoms with van der Waals surface area (Å²) in [7, 11) is 2.14. The van der Waals surface area contributed by atoms with E-state index < -0.39 is 0 Å². The van der Waals surface area contributed by atoms with Gasteiger partial charge < -0.3 is 14.3 Å². The Bertz CT molecular complexity index is 1230. The predicted molar refractivity (Wildman–Crippen MR) is 117 cm³/mol. The van der Waals surface area contributed by atoms with E-state index in [2.05, 4.69) is 49.9 Å². The lowest BCUT2D eigenvalue weighted by Gasteiger charge is -2.37. The van der Waals surface area contributed by atoms with Gasteiger partial charge in [-0.15, -0.1) is 0 Å². The fourth-order valence-corrected chi connectivity index (χ4v) is 4.39. The largest absolute Gasteiger partial charge is 0.449 e. The van der Waals surface area contributed by atoms with Gasteiger partial charge in [-0.2, -0.15) is 0 Å². The third kappa shape index (κ3) is 3.39. The molecule has 0 spiro atoms. The third-order valence-corrected chi connectivity index (χ3v) is 6.07. The van der Waals surface area contributed by atoms with Gasteiger partial charge in [-0.3, -0.25) is 9.69 Å². The Labute approximate surface area is 176 Å². The highest BCUT2D eigenvalue weighted by Gasteiger charge is 2.28. The first-order valence-corrected chi connectivity index (χ1v) is 10.5. The zero-order valence-electron chi connectivity index (χ0n) is 16.1. The number of benzene rings is 2. The van der Waals surface area contributed by atoms with E-state index in [0.717, 1.165) is 41.6 Å². The van der Waals surface area contributed by atoms with Crippen LogP contribution in [0.4, 0.5) is 0 Å². The van der Waals surface area contributed by atoms with Crippen LogP contribution in [0.25, 0.3) is 22.1 Å². The molecule has 0 saturated carbocycles. The average molecular weight is 453 g/mol. The first-order valence-electron chi connectivity index (χ1n) is 9.69. The van der Waals surface area contributed by atoms with Crippen molar-refractivity contribution in [1.82, 2.24) is 19.8 Å². The van der Waals surface area contributed by atoms with E-state index in [1.165, 1.54) is 0 Å². The quantitative estimate of drug-likeness (QED) is 0.512. The number of H-pyrrole nitrogens is 1. The summed E-state index contributed by atoms with van der Waals surface area (Å²) in [5.74, 6) is 0.654. The van der Waals surface area contributed by atoms with E-state index in [0.29, 0.717) is 16.9 Å². The van der Waals surface area contributed by atoms with Crippen molar-refractivity contribution in [2.45, 2.75) is 6.04 Å². The minimum Gasteiger partial charge on any atom is -0.449 e. The molecule has 0 aliphatic carbocycles. The Morgan fingerprint density at radius 1 is 1.10 bits per heavy atom. The fraction of sp³-hybridized carbons (Fsp3) is 0.273.